The molecule has 0 atom stereocenters. The minimum Gasteiger partial charge on any atom is -0.345 e. The highest BCUT2D eigenvalue weighted by molar-refractivity contribution is 5.85. The molecule has 0 bridgehead atoms. The van der Waals surface area contributed by atoms with E-state index in [4.69, 9.17) is 0 Å². The third-order valence-corrected chi connectivity index (χ3v) is 5.51. The number of imidazole rings is 1. The van der Waals surface area contributed by atoms with Gasteiger partial charge in [-0.15, -0.1) is 12.4 Å². The van der Waals surface area contributed by atoms with Gasteiger partial charge in [-0.1, -0.05) is 54.6 Å². The summed E-state index contributed by atoms with van der Waals surface area (Å²) >= 11 is 0. The van der Waals surface area contributed by atoms with Crippen LogP contribution in [0.1, 0.15) is 17.5 Å². The topological polar surface area (TPSA) is 35.2 Å². The Hall–Kier alpha value is -2.66. The molecule has 0 amide bonds. The first-order chi connectivity index (χ1) is 14.7. The molecule has 0 aliphatic carbocycles. The monoisotopic (exact) mass is 434 g/mol. The summed E-state index contributed by atoms with van der Waals surface area (Å²) < 4.78 is 0. The summed E-state index contributed by atoms with van der Waals surface area (Å²) in [6, 6.07) is 25.9. The lowest BCUT2D eigenvalue weighted by Crippen LogP contribution is -2.25. The Kier molecular flexibility index (Phi) is 8.24. The van der Waals surface area contributed by atoms with E-state index in [1.54, 1.807) is 6.33 Å². The number of halogens is 1. The van der Waals surface area contributed by atoms with Gasteiger partial charge in [-0.05, 0) is 74.1 Å². The first kappa shape index (κ1) is 23.0. The molecule has 31 heavy (non-hydrogen) atoms. The van der Waals surface area contributed by atoms with Crippen molar-refractivity contribution < 1.29 is 0 Å². The van der Waals surface area contributed by atoms with Crippen LogP contribution >= 0.6 is 12.4 Å². The van der Waals surface area contributed by atoms with Gasteiger partial charge in [0.2, 0.25) is 0 Å². The lowest BCUT2D eigenvalue weighted by Gasteiger charge is -2.20. The van der Waals surface area contributed by atoms with Gasteiger partial charge in [0.25, 0.3) is 0 Å². The maximum Gasteiger partial charge on any atom is 0.0931 e. The summed E-state index contributed by atoms with van der Waals surface area (Å²) in [6.07, 6.45) is 2.91. The number of nitrogens with zero attached hydrogens (tertiary/aromatic N) is 3. The number of hydrogen-bond donors (Lipinski definition) is 1. The maximum atomic E-state index is 4.38. The highest BCUT2D eigenvalue weighted by atomic mass is 35.5. The molecule has 162 valence electrons. The van der Waals surface area contributed by atoms with Crippen LogP contribution in [0.2, 0.25) is 0 Å². The minimum absolute atomic E-state index is 0. The van der Waals surface area contributed by atoms with Gasteiger partial charge in [0.1, 0.15) is 0 Å². The number of aromatic nitrogens is 2. The maximum absolute atomic E-state index is 4.38. The Morgan fingerprint density at radius 2 is 1.42 bits per heavy atom. The van der Waals surface area contributed by atoms with Crippen molar-refractivity contribution in [2.24, 2.45) is 0 Å². The quantitative estimate of drug-likeness (QED) is 0.372. The molecule has 1 heterocycles. The second-order valence-electron chi connectivity index (χ2n) is 8.15. The van der Waals surface area contributed by atoms with Crippen molar-refractivity contribution in [3.8, 4) is 11.1 Å². The molecule has 0 fully saturated rings. The fourth-order valence-corrected chi connectivity index (χ4v) is 3.94. The normalized spacial score (nSPS) is 11.2. The number of aromatic amines is 1. The summed E-state index contributed by atoms with van der Waals surface area (Å²) in [4.78, 5) is 12.3. The van der Waals surface area contributed by atoms with E-state index in [1.165, 1.54) is 22.3 Å². The molecule has 3 aromatic carbocycles. The van der Waals surface area contributed by atoms with Crippen molar-refractivity contribution in [3.05, 3.63) is 90.3 Å². The van der Waals surface area contributed by atoms with Crippen LogP contribution in [0.4, 0.5) is 0 Å². The van der Waals surface area contributed by atoms with E-state index in [9.17, 15) is 0 Å². The van der Waals surface area contributed by atoms with E-state index in [-0.39, 0.29) is 12.4 Å². The molecule has 4 rings (SSSR count). The molecule has 4 aromatic rings. The Bertz CT molecular complexity index is 1080. The Labute approximate surface area is 191 Å². The van der Waals surface area contributed by atoms with Crippen molar-refractivity contribution in [2.75, 3.05) is 27.2 Å². The largest absolute Gasteiger partial charge is 0.345 e. The fraction of sp³-hybridized carbons (Fsp3) is 0.269. The van der Waals surface area contributed by atoms with Crippen LogP contribution in [0.15, 0.2) is 79.1 Å². The Morgan fingerprint density at radius 1 is 0.742 bits per heavy atom. The number of rotatable bonds is 9. The fourth-order valence-electron chi connectivity index (χ4n) is 3.94. The first-order valence-corrected chi connectivity index (χ1v) is 10.6. The number of hydrogen-bond acceptors (Lipinski definition) is 3. The lowest BCUT2D eigenvalue weighted by atomic mass is 10.0. The van der Waals surface area contributed by atoms with E-state index < -0.39 is 0 Å². The van der Waals surface area contributed by atoms with E-state index >= 15 is 0 Å². The molecule has 0 aliphatic rings. The minimum atomic E-state index is 0. The number of benzene rings is 3. The Morgan fingerprint density at radius 3 is 2.19 bits per heavy atom. The van der Waals surface area contributed by atoms with E-state index in [1.807, 2.05) is 0 Å². The summed E-state index contributed by atoms with van der Waals surface area (Å²) in [5, 5.41) is 0. The third kappa shape index (κ3) is 6.41. The highest BCUT2D eigenvalue weighted by Gasteiger charge is 2.06. The van der Waals surface area contributed by atoms with E-state index in [2.05, 4.69) is 107 Å². The van der Waals surface area contributed by atoms with Crippen LogP contribution in [0, 0.1) is 0 Å². The van der Waals surface area contributed by atoms with Crippen molar-refractivity contribution >= 4 is 23.4 Å². The third-order valence-electron chi connectivity index (χ3n) is 5.51. The zero-order valence-corrected chi connectivity index (χ0v) is 19.1. The summed E-state index contributed by atoms with van der Waals surface area (Å²) in [7, 11) is 4.41. The molecule has 0 saturated carbocycles. The zero-order valence-electron chi connectivity index (χ0n) is 18.3. The van der Waals surface area contributed by atoms with Gasteiger partial charge >= 0.3 is 0 Å². The van der Waals surface area contributed by atoms with E-state index in [0.717, 1.165) is 43.6 Å². The second-order valence-corrected chi connectivity index (χ2v) is 8.15. The average molecular weight is 435 g/mol. The molecule has 0 unspecified atom stereocenters. The van der Waals surface area contributed by atoms with Gasteiger partial charge in [-0.2, -0.15) is 0 Å². The van der Waals surface area contributed by atoms with Gasteiger partial charge in [-0.25, -0.2) is 4.98 Å². The predicted octanol–water partition coefficient (Wildman–Crippen LogP) is 5.61. The molecule has 4 nitrogen and oxygen atoms in total. The SMILES string of the molecule is CN(CCCN(C)Cc1cccc(-c2ccc3[nH]cnc3c2)c1)Cc1ccccc1.Cl. The molecule has 0 radical (unpaired) electrons. The number of H-pyrrole nitrogens is 1. The lowest BCUT2D eigenvalue weighted by molar-refractivity contribution is 0.270. The van der Waals surface area contributed by atoms with Gasteiger partial charge in [-0.3, -0.25) is 0 Å². The van der Waals surface area contributed by atoms with Crippen LogP contribution < -0.4 is 0 Å². The van der Waals surface area contributed by atoms with Crippen LogP contribution in [0.3, 0.4) is 0 Å². The smallest absolute Gasteiger partial charge is 0.0931 e. The van der Waals surface area contributed by atoms with Crippen LogP contribution in [-0.2, 0) is 13.1 Å². The van der Waals surface area contributed by atoms with Gasteiger partial charge in [0.15, 0.2) is 0 Å². The molecule has 1 aromatic heterocycles. The Balaban J connectivity index is 0.00000272. The van der Waals surface area contributed by atoms with Gasteiger partial charge in [0.05, 0.1) is 17.4 Å². The highest BCUT2D eigenvalue weighted by Crippen LogP contribution is 2.24. The summed E-state index contributed by atoms with van der Waals surface area (Å²) in [5.41, 5.74) is 7.25. The molecule has 0 aliphatic heterocycles. The average Bonchev–Trinajstić information content (AvgIpc) is 3.22. The molecule has 1 N–H and O–H groups in total. The summed E-state index contributed by atoms with van der Waals surface area (Å²) in [5.74, 6) is 0. The predicted molar refractivity (Wildman–Crippen MR) is 133 cm³/mol. The molecule has 0 spiro atoms. The molecule has 5 heteroatoms. The zero-order chi connectivity index (χ0) is 20.8. The first-order valence-electron chi connectivity index (χ1n) is 10.6. The number of fused-ring (bicyclic) bond motifs is 1. The van der Waals surface area contributed by atoms with Crippen LogP contribution in [-0.4, -0.2) is 47.0 Å². The van der Waals surface area contributed by atoms with Crippen molar-refractivity contribution in [1.29, 1.82) is 0 Å². The molecular formula is C26H31ClN4. The van der Waals surface area contributed by atoms with Crippen LogP contribution in [0.5, 0.6) is 0 Å². The van der Waals surface area contributed by atoms with Gasteiger partial charge in [0, 0.05) is 13.1 Å². The summed E-state index contributed by atoms with van der Waals surface area (Å²) in [6.45, 7) is 4.15. The van der Waals surface area contributed by atoms with Crippen LogP contribution in [0.25, 0.3) is 22.2 Å². The van der Waals surface area contributed by atoms with Gasteiger partial charge < -0.3 is 14.8 Å². The second kappa shape index (κ2) is 11.1. The van der Waals surface area contributed by atoms with Crippen molar-refractivity contribution in [2.45, 2.75) is 19.5 Å². The molecule has 0 saturated heterocycles. The molecular weight excluding hydrogens is 404 g/mol. The van der Waals surface area contributed by atoms with Crippen molar-refractivity contribution in [3.63, 3.8) is 0 Å². The van der Waals surface area contributed by atoms with Crippen molar-refractivity contribution in [1.82, 2.24) is 19.8 Å². The standard InChI is InChI=1S/C26H30N4.ClH/c1-29(18-21-8-4-3-5-9-21)14-7-15-30(2)19-22-10-6-11-23(16-22)24-12-13-25-26(17-24)28-20-27-25;/h3-6,8-13,16-17,20H,7,14-15,18-19H2,1-2H3,(H,27,28);1H. The number of nitrogens with one attached hydrogen (secondary N) is 1. The van der Waals surface area contributed by atoms with E-state index in [0.29, 0.717) is 0 Å².